The van der Waals surface area contributed by atoms with Crippen LogP contribution in [-0.4, -0.2) is 6.04 Å². The van der Waals surface area contributed by atoms with Crippen molar-refractivity contribution in [1.29, 1.82) is 0 Å². The zero-order chi connectivity index (χ0) is 13.9. The van der Waals surface area contributed by atoms with Gasteiger partial charge in [-0.1, -0.05) is 38.3 Å². The van der Waals surface area contributed by atoms with Crippen LogP contribution in [-0.2, 0) is 0 Å². The van der Waals surface area contributed by atoms with Crippen LogP contribution in [0, 0.1) is 11.7 Å². The number of nitrogens with two attached hydrogens (primary N) is 2. The Bertz CT molecular complexity index is 419. The normalized spacial score (nSPS) is 12.8. The molecule has 0 aliphatic heterocycles. The lowest BCUT2D eigenvalue weighted by molar-refractivity contribution is 0.436. The van der Waals surface area contributed by atoms with Crippen LogP contribution in [0.15, 0.2) is 6.07 Å². The third-order valence-electron chi connectivity index (χ3n) is 3.39. The second-order valence-corrected chi connectivity index (χ2v) is 4.95. The minimum atomic E-state index is -0.577. The van der Waals surface area contributed by atoms with Gasteiger partial charge in [-0.15, -0.1) is 0 Å². The monoisotopic (exact) mass is 273 g/mol. The van der Waals surface area contributed by atoms with Gasteiger partial charge in [0.05, 0.1) is 17.1 Å². The van der Waals surface area contributed by atoms with Gasteiger partial charge in [0.2, 0.25) is 0 Å². The minimum absolute atomic E-state index is 0.0801. The van der Waals surface area contributed by atoms with Gasteiger partial charge in [-0.05, 0) is 18.9 Å². The molecule has 0 saturated carbocycles. The average molecular weight is 274 g/mol. The molecule has 0 aliphatic rings. The number of hydrogen-bond donors (Lipinski definition) is 3. The predicted octanol–water partition coefficient (Wildman–Crippen LogP) is 3.88. The van der Waals surface area contributed by atoms with Crippen molar-refractivity contribution in [3.05, 3.63) is 16.9 Å². The van der Waals surface area contributed by atoms with Gasteiger partial charge in [0, 0.05) is 6.04 Å². The van der Waals surface area contributed by atoms with Gasteiger partial charge in [-0.2, -0.15) is 0 Å². The highest BCUT2D eigenvalue weighted by molar-refractivity contribution is 6.33. The van der Waals surface area contributed by atoms with Crippen molar-refractivity contribution >= 4 is 28.7 Å². The molecular formula is C13H21ClFN3. The van der Waals surface area contributed by atoms with E-state index in [9.17, 15) is 4.39 Å². The third-order valence-corrected chi connectivity index (χ3v) is 3.78. The number of rotatable bonds is 5. The molecule has 0 radical (unpaired) electrons. The van der Waals surface area contributed by atoms with Crippen LogP contribution in [0.5, 0.6) is 0 Å². The smallest absolute Gasteiger partial charge is 0.169 e. The number of hydrogen-bond acceptors (Lipinski definition) is 3. The Hall–Kier alpha value is -1.16. The maximum absolute atomic E-state index is 14.0. The molecule has 0 aliphatic carbocycles. The summed E-state index contributed by atoms with van der Waals surface area (Å²) < 4.78 is 14.0. The zero-order valence-electron chi connectivity index (χ0n) is 11.1. The van der Waals surface area contributed by atoms with E-state index in [1.54, 1.807) is 0 Å². The minimum Gasteiger partial charge on any atom is -0.397 e. The van der Waals surface area contributed by atoms with E-state index in [-0.39, 0.29) is 28.1 Å². The van der Waals surface area contributed by atoms with Crippen LogP contribution in [0.4, 0.5) is 21.5 Å². The van der Waals surface area contributed by atoms with Crippen molar-refractivity contribution in [2.24, 2.45) is 5.92 Å². The summed E-state index contributed by atoms with van der Waals surface area (Å²) in [6.45, 7) is 6.24. The molecule has 1 aromatic rings. The fourth-order valence-electron chi connectivity index (χ4n) is 2.15. The molecule has 0 saturated heterocycles. The zero-order valence-corrected chi connectivity index (χ0v) is 11.8. The molecule has 0 spiro atoms. The summed E-state index contributed by atoms with van der Waals surface area (Å²) in [6.07, 6.45) is 2.05. The van der Waals surface area contributed by atoms with Gasteiger partial charge in [-0.3, -0.25) is 0 Å². The highest BCUT2D eigenvalue weighted by atomic mass is 35.5. The van der Waals surface area contributed by atoms with Crippen molar-refractivity contribution in [3.63, 3.8) is 0 Å². The molecule has 1 rings (SSSR count). The number of anilines is 3. The molecular weight excluding hydrogens is 253 g/mol. The standard InChI is InChI=1S/C13H21ClFN3/c1-4-8(5-2)7(3)18-13-10(17)6-9(16)11(14)12(13)15/h6-8,18H,4-5,16-17H2,1-3H3. The molecule has 0 heterocycles. The summed E-state index contributed by atoms with van der Waals surface area (Å²) in [7, 11) is 0. The lowest BCUT2D eigenvalue weighted by atomic mass is 9.95. The fourth-order valence-corrected chi connectivity index (χ4v) is 2.30. The first-order valence-corrected chi connectivity index (χ1v) is 6.59. The highest BCUT2D eigenvalue weighted by Crippen LogP contribution is 2.34. The maximum Gasteiger partial charge on any atom is 0.169 e. The van der Waals surface area contributed by atoms with Crippen molar-refractivity contribution in [2.75, 3.05) is 16.8 Å². The summed E-state index contributed by atoms with van der Waals surface area (Å²) in [5.74, 6) is -0.118. The van der Waals surface area contributed by atoms with Crippen LogP contribution < -0.4 is 16.8 Å². The fraction of sp³-hybridized carbons (Fsp3) is 0.538. The molecule has 1 atom stereocenters. The van der Waals surface area contributed by atoms with E-state index < -0.39 is 5.82 Å². The number of benzene rings is 1. The Kier molecular flexibility index (Phi) is 5.08. The second-order valence-electron chi connectivity index (χ2n) is 4.57. The van der Waals surface area contributed by atoms with E-state index in [0.29, 0.717) is 5.92 Å². The van der Waals surface area contributed by atoms with E-state index >= 15 is 0 Å². The molecule has 0 aromatic heterocycles. The van der Waals surface area contributed by atoms with Gasteiger partial charge in [-0.25, -0.2) is 4.39 Å². The van der Waals surface area contributed by atoms with Crippen LogP contribution >= 0.6 is 11.6 Å². The van der Waals surface area contributed by atoms with Crippen LogP contribution in [0.25, 0.3) is 0 Å². The maximum atomic E-state index is 14.0. The van der Waals surface area contributed by atoms with Gasteiger partial charge < -0.3 is 16.8 Å². The van der Waals surface area contributed by atoms with E-state index in [4.69, 9.17) is 23.1 Å². The van der Waals surface area contributed by atoms with Gasteiger partial charge in [0.1, 0.15) is 5.02 Å². The lowest BCUT2D eigenvalue weighted by Crippen LogP contribution is -2.26. The summed E-state index contributed by atoms with van der Waals surface area (Å²) in [5.41, 5.74) is 12.0. The molecule has 3 nitrogen and oxygen atoms in total. The first-order valence-electron chi connectivity index (χ1n) is 6.21. The molecule has 0 fully saturated rings. The number of nitrogen functional groups attached to an aromatic ring is 2. The molecule has 5 heteroatoms. The summed E-state index contributed by atoms with van der Waals surface area (Å²) in [5, 5.41) is 3.03. The van der Waals surface area contributed by atoms with E-state index in [0.717, 1.165) is 12.8 Å². The Morgan fingerprint density at radius 1 is 1.28 bits per heavy atom. The Labute approximate surface area is 113 Å². The van der Waals surface area contributed by atoms with E-state index in [2.05, 4.69) is 19.2 Å². The van der Waals surface area contributed by atoms with Crippen molar-refractivity contribution in [1.82, 2.24) is 0 Å². The second kappa shape index (κ2) is 6.14. The predicted molar refractivity (Wildman–Crippen MR) is 77.4 cm³/mol. The van der Waals surface area contributed by atoms with Gasteiger partial charge in [0.15, 0.2) is 5.82 Å². The SMILES string of the molecule is CCC(CC)C(C)Nc1c(N)cc(N)c(Cl)c1F. The summed E-state index contributed by atoms with van der Waals surface area (Å²) in [4.78, 5) is 0. The molecule has 5 N–H and O–H groups in total. The molecule has 0 amide bonds. The van der Waals surface area contributed by atoms with Crippen LogP contribution in [0.3, 0.4) is 0 Å². The average Bonchev–Trinajstić information content (AvgIpc) is 2.33. The third kappa shape index (κ3) is 2.99. The first kappa shape index (κ1) is 14.9. The van der Waals surface area contributed by atoms with Crippen molar-refractivity contribution < 1.29 is 4.39 Å². The quantitative estimate of drug-likeness (QED) is 0.714. The van der Waals surface area contributed by atoms with Crippen molar-refractivity contribution in [3.8, 4) is 0 Å². The Morgan fingerprint density at radius 2 is 1.83 bits per heavy atom. The molecule has 0 bridgehead atoms. The van der Waals surface area contributed by atoms with Crippen LogP contribution in [0.1, 0.15) is 33.6 Å². The molecule has 102 valence electrons. The number of nitrogens with one attached hydrogen (secondary N) is 1. The van der Waals surface area contributed by atoms with Crippen LogP contribution in [0.2, 0.25) is 5.02 Å². The Morgan fingerprint density at radius 3 is 2.33 bits per heavy atom. The molecule has 1 aromatic carbocycles. The topological polar surface area (TPSA) is 64.1 Å². The molecule has 18 heavy (non-hydrogen) atoms. The molecule has 1 unspecified atom stereocenters. The van der Waals surface area contributed by atoms with E-state index in [1.807, 2.05) is 6.92 Å². The number of halogens is 2. The van der Waals surface area contributed by atoms with E-state index in [1.165, 1.54) is 6.07 Å². The first-order chi connectivity index (χ1) is 8.42. The Balaban J connectivity index is 3.01. The summed E-state index contributed by atoms with van der Waals surface area (Å²) in [6, 6.07) is 1.60. The van der Waals surface area contributed by atoms with Gasteiger partial charge in [0.25, 0.3) is 0 Å². The van der Waals surface area contributed by atoms with Crippen molar-refractivity contribution in [2.45, 2.75) is 39.7 Å². The lowest BCUT2D eigenvalue weighted by Gasteiger charge is -2.25. The largest absolute Gasteiger partial charge is 0.397 e. The highest BCUT2D eigenvalue weighted by Gasteiger charge is 2.19. The summed E-state index contributed by atoms with van der Waals surface area (Å²) >= 11 is 5.79. The van der Waals surface area contributed by atoms with Gasteiger partial charge >= 0.3 is 0 Å².